The van der Waals surface area contributed by atoms with Crippen molar-refractivity contribution in [3.05, 3.63) is 0 Å². The van der Waals surface area contributed by atoms with E-state index in [2.05, 4.69) is 27.7 Å². The summed E-state index contributed by atoms with van der Waals surface area (Å²) in [7, 11) is 0. The van der Waals surface area contributed by atoms with E-state index in [-0.39, 0.29) is 0 Å². The molecule has 0 aliphatic heterocycles. The lowest BCUT2D eigenvalue weighted by Crippen LogP contribution is -2.12. The lowest BCUT2D eigenvalue weighted by Gasteiger charge is -2.23. The second-order valence-corrected chi connectivity index (χ2v) is 6.32. The van der Waals surface area contributed by atoms with Gasteiger partial charge < -0.3 is 0 Å². The summed E-state index contributed by atoms with van der Waals surface area (Å²) in [5.41, 5.74) is 0. The first-order valence-electron chi connectivity index (χ1n) is 7.09. The Hall–Kier alpha value is 0. The van der Waals surface area contributed by atoms with E-state index in [1.165, 1.54) is 44.9 Å². The van der Waals surface area contributed by atoms with Crippen molar-refractivity contribution in [3.8, 4) is 0 Å². The smallest absolute Gasteiger partial charge is 0.0388 e. The van der Waals surface area contributed by atoms with Gasteiger partial charge in [-0.3, -0.25) is 0 Å². The standard InChI is InChI=1S/C15H30/c1-12(2)8-10-14(4)15-7-5-6-13(3)9-11-15/h12-15H,5-11H2,1-4H3. The summed E-state index contributed by atoms with van der Waals surface area (Å²) >= 11 is 0. The molecule has 1 aliphatic rings. The Balaban J connectivity index is 2.28. The second kappa shape index (κ2) is 6.55. The van der Waals surface area contributed by atoms with Crippen LogP contribution in [0.15, 0.2) is 0 Å². The van der Waals surface area contributed by atoms with Crippen LogP contribution in [0.3, 0.4) is 0 Å². The molecule has 0 heteroatoms. The lowest BCUT2D eigenvalue weighted by molar-refractivity contribution is 0.284. The molecule has 15 heavy (non-hydrogen) atoms. The van der Waals surface area contributed by atoms with Crippen LogP contribution in [0.1, 0.15) is 72.6 Å². The van der Waals surface area contributed by atoms with Crippen LogP contribution in [0.25, 0.3) is 0 Å². The van der Waals surface area contributed by atoms with E-state index in [4.69, 9.17) is 0 Å². The van der Waals surface area contributed by atoms with Crippen LogP contribution in [0.5, 0.6) is 0 Å². The van der Waals surface area contributed by atoms with Gasteiger partial charge in [-0.05, 0) is 30.1 Å². The average Bonchev–Trinajstić information content (AvgIpc) is 2.39. The number of rotatable bonds is 4. The van der Waals surface area contributed by atoms with E-state index in [1.54, 1.807) is 0 Å². The second-order valence-electron chi connectivity index (χ2n) is 6.32. The third kappa shape index (κ3) is 5.04. The Kier molecular flexibility index (Phi) is 5.71. The first kappa shape index (κ1) is 13.1. The first-order valence-corrected chi connectivity index (χ1v) is 7.09. The van der Waals surface area contributed by atoms with Gasteiger partial charge >= 0.3 is 0 Å². The molecule has 0 spiro atoms. The molecule has 0 heterocycles. The maximum absolute atomic E-state index is 2.49. The van der Waals surface area contributed by atoms with Crippen molar-refractivity contribution >= 4 is 0 Å². The van der Waals surface area contributed by atoms with Crippen molar-refractivity contribution in [3.63, 3.8) is 0 Å². The minimum atomic E-state index is 0.886. The first-order chi connectivity index (χ1) is 7.09. The number of hydrogen-bond donors (Lipinski definition) is 0. The van der Waals surface area contributed by atoms with Crippen molar-refractivity contribution < 1.29 is 0 Å². The average molecular weight is 210 g/mol. The largest absolute Gasteiger partial charge is 0.0628 e. The zero-order valence-electron chi connectivity index (χ0n) is 11.3. The fraction of sp³-hybridized carbons (Fsp3) is 1.00. The van der Waals surface area contributed by atoms with Crippen LogP contribution in [-0.2, 0) is 0 Å². The van der Waals surface area contributed by atoms with Crippen molar-refractivity contribution in [2.24, 2.45) is 23.7 Å². The van der Waals surface area contributed by atoms with Crippen LogP contribution in [0, 0.1) is 23.7 Å². The highest BCUT2D eigenvalue weighted by Gasteiger charge is 2.21. The molecule has 0 N–H and O–H groups in total. The fourth-order valence-electron chi connectivity index (χ4n) is 2.92. The molecule has 3 atom stereocenters. The van der Waals surface area contributed by atoms with Gasteiger partial charge in [0.15, 0.2) is 0 Å². The fourth-order valence-corrected chi connectivity index (χ4v) is 2.92. The molecule has 0 aromatic rings. The normalized spacial score (nSPS) is 30.2. The predicted octanol–water partition coefficient (Wildman–Crippen LogP) is 5.28. The topological polar surface area (TPSA) is 0 Å². The van der Waals surface area contributed by atoms with Gasteiger partial charge in [-0.15, -0.1) is 0 Å². The van der Waals surface area contributed by atoms with E-state index in [0.29, 0.717) is 0 Å². The van der Waals surface area contributed by atoms with Gasteiger partial charge in [0.05, 0.1) is 0 Å². The van der Waals surface area contributed by atoms with Crippen molar-refractivity contribution in [2.75, 3.05) is 0 Å². The quantitative estimate of drug-likeness (QED) is 0.554. The Morgan fingerprint density at radius 1 is 0.933 bits per heavy atom. The summed E-state index contributed by atoms with van der Waals surface area (Å²) in [6, 6.07) is 0. The molecule has 0 amide bonds. The summed E-state index contributed by atoms with van der Waals surface area (Å²) in [6.07, 6.45) is 10.3. The zero-order chi connectivity index (χ0) is 11.3. The van der Waals surface area contributed by atoms with Crippen molar-refractivity contribution in [2.45, 2.75) is 72.6 Å². The van der Waals surface area contributed by atoms with Crippen molar-refractivity contribution in [1.82, 2.24) is 0 Å². The molecular formula is C15H30. The van der Waals surface area contributed by atoms with Gasteiger partial charge in [-0.2, -0.15) is 0 Å². The zero-order valence-corrected chi connectivity index (χ0v) is 11.3. The Labute approximate surface area is 96.8 Å². The molecule has 3 unspecified atom stereocenters. The molecule has 1 fully saturated rings. The molecule has 0 aromatic heterocycles. The van der Waals surface area contributed by atoms with Gasteiger partial charge in [-0.1, -0.05) is 66.2 Å². The molecule has 0 radical (unpaired) electrons. The Bertz CT molecular complexity index is 159. The van der Waals surface area contributed by atoms with Gasteiger partial charge in [0.2, 0.25) is 0 Å². The molecule has 1 rings (SSSR count). The molecule has 0 nitrogen and oxygen atoms in total. The number of hydrogen-bond acceptors (Lipinski definition) is 0. The van der Waals surface area contributed by atoms with Gasteiger partial charge in [0, 0.05) is 0 Å². The van der Waals surface area contributed by atoms with E-state index >= 15 is 0 Å². The van der Waals surface area contributed by atoms with Gasteiger partial charge in [0.25, 0.3) is 0 Å². The van der Waals surface area contributed by atoms with E-state index < -0.39 is 0 Å². The molecule has 90 valence electrons. The third-order valence-electron chi connectivity index (χ3n) is 4.31. The maximum Gasteiger partial charge on any atom is -0.0388 e. The molecular weight excluding hydrogens is 180 g/mol. The van der Waals surface area contributed by atoms with Crippen LogP contribution in [0.2, 0.25) is 0 Å². The maximum atomic E-state index is 2.49. The summed E-state index contributed by atoms with van der Waals surface area (Å²) in [5, 5.41) is 0. The highest BCUT2D eigenvalue weighted by molar-refractivity contribution is 4.72. The van der Waals surface area contributed by atoms with Gasteiger partial charge in [0.1, 0.15) is 0 Å². The van der Waals surface area contributed by atoms with E-state index in [0.717, 1.165) is 23.7 Å². The summed E-state index contributed by atoms with van der Waals surface area (Å²) in [6.45, 7) is 9.62. The molecule has 1 saturated carbocycles. The molecule has 0 saturated heterocycles. The molecule has 0 aromatic carbocycles. The predicted molar refractivity (Wildman–Crippen MR) is 69.0 cm³/mol. The summed E-state index contributed by atoms with van der Waals surface area (Å²) in [4.78, 5) is 0. The van der Waals surface area contributed by atoms with Crippen LogP contribution in [0.4, 0.5) is 0 Å². The van der Waals surface area contributed by atoms with Crippen LogP contribution < -0.4 is 0 Å². The summed E-state index contributed by atoms with van der Waals surface area (Å²) < 4.78 is 0. The Morgan fingerprint density at radius 3 is 2.33 bits per heavy atom. The molecule has 1 aliphatic carbocycles. The van der Waals surface area contributed by atoms with Gasteiger partial charge in [-0.25, -0.2) is 0 Å². The molecule has 0 bridgehead atoms. The highest BCUT2D eigenvalue weighted by Crippen LogP contribution is 2.33. The highest BCUT2D eigenvalue weighted by atomic mass is 14.3. The van der Waals surface area contributed by atoms with E-state index in [1.807, 2.05) is 0 Å². The summed E-state index contributed by atoms with van der Waals surface area (Å²) in [5.74, 6) is 3.89. The van der Waals surface area contributed by atoms with Crippen LogP contribution >= 0.6 is 0 Å². The Morgan fingerprint density at radius 2 is 1.67 bits per heavy atom. The van der Waals surface area contributed by atoms with Crippen molar-refractivity contribution in [1.29, 1.82) is 0 Å². The van der Waals surface area contributed by atoms with Crippen LogP contribution in [-0.4, -0.2) is 0 Å². The minimum absolute atomic E-state index is 0.886. The minimum Gasteiger partial charge on any atom is -0.0628 e. The lowest BCUT2D eigenvalue weighted by atomic mass is 9.83. The van der Waals surface area contributed by atoms with E-state index in [9.17, 15) is 0 Å². The monoisotopic (exact) mass is 210 g/mol. The SMILES string of the molecule is CC(C)CCC(C)C1CCCC(C)CC1. The third-order valence-corrected chi connectivity index (χ3v) is 4.31.